The van der Waals surface area contributed by atoms with E-state index in [0.29, 0.717) is 27.9 Å². The van der Waals surface area contributed by atoms with Crippen LogP contribution < -0.4 is 25.6 Å². The summed E-state index contributed by atoms with van der Waals surface area (Å²) in [6.07, 6.45) is 4.99. The van der Waals surface area contributed by atoms with E-state index in [1.54, 1.807) is 26.6 Å². The van der Waals surface area contributed by atoms with Crippen LogP contribution in [0.5, 0.6) is 5.75 Å². The fraction of sp³-hybridized carbons (Fsp3) is 0.448. The summed E-state index contributed by atoms with van der Waals surface area (Å²) in [7, 11) is 1.39. The van der Waals surface area contributed by atoms with E-state index in [0.717, 1.165) is 36.3 Å². The standard InChI is InChI=1S/C29H38ClN6O2P/c1-6-20-15-23(25(38-3)16-24(20)36-18-29(19-36)11-13-35(2)14-12-29)33-28-31-17-21(30)27(34-28)32-22-9-7-8-10-26(22)39(4,5)37/h7-10,15-17H,6,11-14,18-19H2,1-5H3,(H2,31,32,33,34). The van der Waals surface area contributed by atoms with Crippen molar-refractivity contribution in [2.75, 3.05) is 69.2 Å². The minimum absolute atomic E-state index is 0.370. The third-order valence-electron chi connectivity index (χ3n) is 7.95. The van der Waals surface area contributed by atoms with E-state index in [9.17, 15) is 4.57 Å². The zero-order valence-corrected chi connectivity index (χ0v) is 25.1. The first-order valence-corrected chi connectivity index (χ1v) is 16.4. The van der Waals surface area contributed by atoms with Crippen LogP contribution in [0.3, 0.4) is 0 Å². The van der Waals surface area contributed by atoms with Crippen molar-refractivity contribution < 1.29 is 9.30 Å². The first-order valence-electron chi connectivity index (χ1n) is 13.5. The Morgan fingerprint density at radius 1 is 1.10 bits per heavy atom. The monoisotopic (exact) mass is 568 g/mol. The summed E-state index contributed by atoms with van der Waals surface area (Å²) in [5.41, 5.74) is 4.45. The van der Waals surface area contributed by atoms with E-state index >= 15 is 0 Å². The molecule has 2 N–H and O–H groups in total. The number of halogens is 1. The molecule has 39 heavy (non-hydrogen) atoms. The van der Waals surface area contributed by atoms with Gasteiger partial charge in [-0.15, -0.1) is 0 Å². The molecule has 8 nitrogen and oxygen atoms in total. The van der Waals surface area contributed by atoms with Crippen LogP contribution in [0.4, 0.5) is 28.8 Å². The van der Waals surface area contributed by atoms with Crippen LogP contribution in [-0.4, -0.2) is 68.5 Å². The lowest BCUT2D eigenvalue weighted by molar-refractivity contribution is 0.0905. The molecular weight excluding hydrogens is 531 g/mol. The van der Waals surface area contributed by atoms with Gasteiger partial charge in [0.2, 0.25) is 5.95 Å². The van der Waals surface area contributed by atoms with Gasteiger partial charge >= 0.3 is 0 Å². The number of nitrogens with one attached hydrogen (secondary N) is 2. The van der Waals surface area contributed by atoms with E-state index in [1.165, 1.54) is 37.2 Å². The SMILES string of the molecule is CCc1cc(Nc2ncc(Cl)c(Nc3ccccc3P(C)(C)=O)n2)c(OC)cc1N1CC2(CCN(C)CC2)C1. The highest BCUT2D eigenvalue weighted by Gasteiger charge is 2.45. The number of hydrogen-bond donors (Lipinski definition) is 2. The van der Waals surface area contributed by atoms with Crippen molar-refractivity contribution in [1.82, 2.24) is 14.9 Å². The summed E-state index contributed by atoms with van der Waals surface area (Å²) < 4.78 is 18.6. The summed E-state index contributed by atoms with van der Waals surface area (Å²) >= 11 is 6.45. The van der Waals surface area contributed by atoms with Crippen molar-refractivity contribution in [3.8, 4) is 5.75 Å². The molecule has 1 aromatic heterocycles. The molecule has 2 saturated heterocycles. The van der Waals surface area contributed by atoms with Gasteiger partial charge in [0.05, 0.1) is 24.7 Å². The van der Waals surface area contributed by atoms with E-state index in [-0.39, 0.29) is 0 Å². The highest BCUT2D eigenvalue weighted by atomic mass is 35.5. The summed E-state index contributed by atoms with van der Waals surface area (Å²) in [4.78, 5) is 14.0. The Labute approximate surface area is 236 Å². The lowest BCUT2D eigenvalue weighted by atomic mass is 9.71. The molecule has 2 fully saturated rings. The first-order chi connectivity index (χ1) is 18.6. The third kappa shape index (κ3) is 5.88. The van der Waals surface area contributed by atoms with E-state index < -0.39 is 7.14 Å². The van der Waals surface area contributed by atoms with Gasteiger partial charge in [0, 0.05) is 35.6 Å². The smallest absolute Gasteiger partial charge is 0.229 e. The lowest BCUT2D eigenvalue weighted by Crippen LogP contribution is -2.60. The quantitative estimate of drug-likeness (QED) is 0.322. The number of para-hydroxylation sites is 1. The second-order valence-corrected chi connectivity index (χ2v) is 14.8. The van der Waals surface area contributed by atoms with Gasteiger partial charge in [0.1, 0.15) is 17.9 Å². The number of benzene rings is 2. The number of piperidine rings is 1. The Hall–Kier alpha value is -2.80. The molecule has 1 spiro atoms. The number of aromatic nitrogens is 2. The van der Waals surface area contributed by atoms with Gasteiger partial charge in [-0.3, -0.25) is 0 Å². The van der Waals surface area contributed by atoms with Crippen LogP contribution >= 0.6 is 18.7 Å². The van der Waals surface area contributed by atoms with Crippen LogP contribution in [-0.2, 0) is 11.0 Å². The predicted molar refractivity (Wildman–Crippen MR) is 163 cm³/mol. The average Bonchev–Trinajstić information content (AvgIpc) is 2.89. The van der Waals surface area contributed by atoms with Gasteiger partial charge in [-0.1, -0.05) is 30.7 Å². The minimum atomic E-state index is -2.51. The maximum Gasteiger partial charge on any atom is 0.229 e. The summed E-state index contributed by atoms with van der Waals surface area (Å²) in [6.45, 7) is 10.2. The topological polar surface area (TPSA) is 82.6 Å². The molecule has 0 unspecified atom stereocenters. The first kappa shape index (κ1) is 27.8. The number of methoxy groups -OCH3 is 1. The molecule has 2 aliphatic rings. The van der Waals surface area contributed by atoms with Crippen LogP contribution in [0.15, 0.2) is 42.6 Å². The summed E-state index contributed by atoms with van der Waals surface area (Å²) in [6, 6.07) is 11.8. The highest BCUT2D eigenvalue weighted by molar-refractivity contribution is 7.70. The minimum Gasteiger partial charge on any atom is -0.494 e. The molecule has 3 heterocycles. The predicted octanol–water partition coefficient (Wildman–Crippen LogP) is 5.97. The van der Waals surface area contributed by atoms with Crippen molar-refractivity contribution in [2.24, 2.45) is 5.41 Å². The van der Waals surface area contributed by atoms with Crippen molar-refractivity contribution in [1.29, 1.82) is 0 Å². The maximum atomic E-state index is 12.8. The van der Waals surface area contributed by atoms with Crippen LogP contribution in [0.1, 0.15) is 25.3 Å². The molecule has 0 aliphatic carbocycles. The number of aryl methyl sites for hydroxylation is 1. The van der Waals surface area contributed by atoms with Crippen molar-refractivity contribution in [3.05, 3.63) is 53.2 Å². The van der Waals surface area contributed by atoms with Crippen LogP contribution in [0.25, 0.3) is 0 Å². The van der Waals surface area contributed by atoms with Crippen molar-refractivity contribution >= 4 is 52.9 Å². The largest absolute Gasteiger partial charge is 0.494 e. The number of likely N-dealkylation sites (tertiary alicyclic amines) is 1. The third-order valence-corrected chi connectivity index (χ3v) is 9.78. The molecular formula is C29H38ClN6O2P. The van der Waals surface area contributed by atoms with Gasteiger partial charge in [-0.05, 0) is 76.5 Å². The van der Waals surface area contributed by atoms with Gasteiger partial charge in [0.25, 0.3) is 0 Å². The summed E-state index contributed by atoms with van der Waals surface area (Å²) in [5.74, 6) is 1.56. The molecule has 2 aliphatic heterocycles. The Morgan fingerprint density at radius 3 is 2.49 bits per heavy atom. The van der Waals surface area contributed by atoms with Gasteiger partial charge in [-0.2, -0.15) is 4.98 Å². The molecule has 5 rings (SSSR count). The Kier molecular flexibility index (Phi) is 7.82. The molecule has 0 saturated carbocycles. The highest BCUT2D eigenvalue weighted by Crippen LogP contribution is 2.45. The zero-order chi connectivity index (χ0) is 27.8. The van der Waals surface area contributed by atoms with Gasteiger partial charge < -0.3 is 29.7 Å². The zero-order valence-electron chi connectivity index (χ0n) is 23.4. The number of nitrogens with zero attached hydrogens (tertiary/aromatic N) is 4. The molecule has 0 atom stereocenters. The molecule has 0 amide bonds. The maximum absolute atomic E-state index is 12.8. The van der Waals surface area contributed by atoms with Gasteiger partial charge in [-0.25, -0.2) is 4.98 Å². The normalized spacial score (nSPS) is 17.1. The second kappa shape index (κ2) is 11.0. The number of hydrogen-bond acceptors (Lipinski definition) is 8. The number of rotatable bonds is 8. The average molecular weight is 569 g/mol. The number of anilines is 5. The molecule has 0 radical (unpaired) electrons. The van der Waals surface area contributed by atoms with E-state index in [4.69, 9.17) is 16.3 Å². The Morgan fingerprint density at radius 2 is 1.82 bits per heavy atom. The van der Waals surface area contributed by atoms with Crippen molar-refractivity contribution in [3.63, 3.8) is 0 Å². The van der Waals surface area contributed by atoms with Crippen LogP contribution in [0, 0.1) is 5.41 Å². The Balaban J connectivity index is 1.38. The summed E-state index contributed by atoms with van der Waals surface area (Å²) in [5, 5.41) is 7.71. The van der Waals surface area contributed by atoms with Gasteiger partial charge in [0.15, 0.2) is 5.82 Å². The molecule has 0 bridgehead atoms. The van der Waals surface area contributed by atoms with Crippen molar-refractivity contribution in [2.45, 2.75) is 26.2 Å². The van der Waals surface area contributed by atoms with E-state index in [1.807, 2.05) is 24.3 Å². The molecule has 10 heteroatoms. The Bertz CT molecular complexity index is 1390. The second-order valence-electron chi connectivity index (χ2n) is 11.2. The molecule has 3 aromatic rings. The fourth-order valence-electron chi connectivity index (χ4n) is 5.61. The molecule has 2 aromatic carbocycles. The number of ether oxygens (including phenoxy) is 1. The molecule has 208 valence electrons. The fourth-order valence-corrected chi connectivity index (χ4v) is 6.91. The van der Waals surface area contributed by atoms with Crippen LogP contribution in [0.2, 0.25) is 5.02 Å². The lowest BCUT2D eigenvalue weighted by Gasteiger charge is -2.55. The van der Waals surface area contributed by atoms with E-state index in [2.05, 4.69) is 56.5 Å².